The van der Waals surface area contributed by atoms with Crippen LogP contribution in [0, 0.1) is 6.92 Å². The van der Waals surface area contributed by atoms with Crippen molar-refractivity contribution in [2.24, 2.45) is 0 Å². The molecule has 0 spiro atoms. The van der Waals surface area contributed by atoms with Crippen LogP contribution in [0.1, 0.15) is 25.3 Å². The van der Waals surface area contributed by atoms with E-state index in [1.165, 1.54) is 0 Å². The minimum atomic E-state index is -3.17. The maximum atomic E-state index is 11.5. The molecule has 0 atom stereocenters. The summed E-state index contributed by atoms with van der Waals surface area (Å²) in [4.78, 5) is 0. The Kier molecular flexibility index (Phi) is 6.62. The fraction of sp³-hybridized carbons (Fsp3) is 0.538. The lowest BCUT2D eigenvalue weighted by molar-refractivity contribution is 0.320. The van der Waals surface area contributed by atoms with Gasteiger partial charge >= 0.3 is 0 Å². The number of hydrogen-bond donors (Lipinski definition) is 1. The van der Waals surface area contributed by atoms with E-state index in [0.29, 0.717) is 18.1 Å². The lowest BCUT2D eigenvalue weighted by atomic mass is 10.2. The van der Waals surface area contributed by atoms with Gasteiger partial charge < -0.3 is 4.74 Å². The maximum absolute atomic E-state index is 11.5. The third kappa shape index (κ3) is 6.27. The van der Waals surface area contributed by atoms with E-state index in [-0.39, 0.29) is 12.3 Å². The van der Waals surface area contributed by atoms with Crippen molar-refractivity contribution in [3.63, 3.8) is 0 Å². The Labute approximate surface area is 120 Å². The molecule has 0 heterocycles. The van der Waals surface area contributed by atoms with E-state index in [4.69, 9.17) is 16.3 Å². The molecule has 0 radical (unpaired) electrons. The Morgan fingerprint density at radius 3 is 2.74 bits per heavy atom. The molecule has 0 aliphatic heterocycles. The monoisotopic (exact) mass is 305 g/mol. The van der Waals surface area contributed by atoms with Crippen LogP contribution in [-0.4, -0.2) is 27.3 Å². The second-order valence-corrected chi connectivity index (χ2v) is 6.69. The molecule has 108 valence electrons. The first-order chi connectivity index (χ1) is 8.94. The van der Waals surface area contributed by atoms with Crippen molar-refractivity contribution in [2.45, 2.75) is 26.7 Å². The van der Waals surface area contributed by atoms with Gasteiger partial charge in [0.25, 0.3) is 0 Å². The topological polar surface area (TPSA) is 55.4 Å². The largest absolute Gasteiger partial charge is 0.492 e. The summed E-state index contributed by atoms with van der Waals surface area (Å²) in [6.07, 6.45) is 1.54. The number of sulfonamides is 1. The van der Waals surface area contributed by atoms with Gasteiger partial charge in [0.15, 0.2) is 0 Å². The molecular formula is C13H20ClNO3S. The van der Waals surface area contributed by atoms with Gasteiger partial charge in [-0.2, -0.15) is 0 Å². The summed E-state index contributed by atoms with van der Waals surface area (Å²) in [6.45, 7) is 4.43. The molecule has 0 unspecified atom stereocenters. The molecule has 0 aromatic heterocycles. The van der Waals surface area contributed by atoms with Gasteiger partial charge in [0.1, 0.15) is 12.4 Å². The number of halogens is 1. The summed E-state index contributed by atoms with van der Waals surface area (Å²) in [5.74, 6) is 0.890. The first-order valence-electron chi connectivity index (χ1n) is 6.31. The average molecular weight is 306 g/mol. The summed E-state index contributed by atoms with van der Waals surface area (Å²) >= 11 is 5.84. The fourth-order valence-electron chi connectivity index (χ4n) is 1.54. The Balaban J connectivity index is 2.35. The van der Waals surface area contributed by atoms with Crippen molar-refractivity contribution >= 4 is 21.6 Å². The highest BCUT2D eigenvalue weighted by atomic mass is 35.5. The van der Waals surface area contributed by atoms with Crippen molar-refractivity contribution in [1.29, 1.82) is 0 Å². The van der Waals surface area contributed by atoms with Crippen LogP contribution in [0.25, 0.3) is 0 Å². The number of rotatable bonds is 8. The number of ether oxygens (including phenoxy) is 1. The molecule has 0 bridgehead atoms. The molecular weight excluding hydrogens is 286 g/mol. The van der Waals surface area contributed by atoms with Crippen LogP contribution in [-0.2, 0) is 10.0 Å². The summed E-state index contributed by atoms with van der Waals surface area (Å²) in [6, 6.07) is 5.33. The molecule has 1 rings (SSSR count). The predicted octanol–water partition coefficient (Wildman–Crippen LogP) is 2.75. The van der Waals surface area contributed by atoms with E-state index in [0.717, 1.165) is 17.7 Å². The van der Waals surface area contributed by atoms with Gasteiger partial charge in [0.2, 0.25) is 10.0 Å². The summed E-state index contributed by atoms with van der Waals surface area (Å²) < 4.78 is 31.1. The van der Waals surface area contributed by atoms with Gasteiger partial charge in [-0.25, -0.2) is 13.1 Å². The molecule has 0 saturated heterocycles. The lowest BCUT2D eigenvalue weighted by Gasteiger charge is -2.10. The quantitative estimate of drug-likeness (QED) is 0.751. The second-order valence-electron chi connectivity index (χ2n) is 4.33. The number of aryl methyl sites for hydroxylation is 1. The Morgan fingerprint density at radius 1 is 1.37 bits per heavy atom. The Hall–Kier alpha value is -0.780. The van der Waals surface area contributed by atoms with Crippen molar-refractivity contribution in [3.05, 3.63) is 28.8 Å². The second kappa shape index (κ2) is 7.72. The van der Waals surface area contributed by atoms with Crippen LogP contribution in [0.15, 0.2) is 18.2 Å². The van der Waals surface area contributed by atoms with E-state index in [9.17, 15) is 8.42 Å². The predicted molar refractivity (Wildman–Crippen MR) is 78.4 cm³/mol. The van der Waals surface area contributed by atoms with E-state index >= 15 is 0 Å². The van der Waals surface area contributed by atoms with Crippen LogP contribution in [0.3, 0.4) is 0 Å². The number of hydrogen-bond acceptors (Lipinski definition) is 3. The maximum Gasteiger partial charge on any atom is 0.211 e. The van der Waals surface area contributed by atoms with Crippen molar-refractivity contribution in [1.82, 2.24) is 4.72 Å². The Morgan fingerprint density at radius 2 is 2.11 bits per heavy atom. The molecule has 0 fully saturated rings. The molecule has 1 aromatic rings. The minimum absolute atomic E-state index is 0.170. The van der Waals surface area contributed by atoms with Crippen LogP contribution >= 0.6 is 11.6 Å². The summed E-state index contributed by atoms with van der Waals surface area (Å²) in [7, 11) is -3.17. The number of benzene rings is 1. The molecule has 0 aliphatic rings. The van der Waals surface area contributed by atoms with Crippen molar-refractivity contribution < 1.29 is 13.2 Å². The molecule has 1 aromatic carbocycles. The highest BCUT2D eigenvalue weighted by molar-refractivity contribution is 7.89. The molecule has 19 heavy (non-hydrogen) atoms. The van der Waals surface area contributed by atoms with Gasteiger partial charge in [-0.1, -0.05) is 24.9 Å². The molecule has 1 N–H and O–H groups in total. The third-order valence-corrected chi connectivity index (χ3v) is 4.29. The van der Waals surface area contributed by atoms with Gasteiger partial charge in [0, 0.05) is 11.6 Å². The standard InChI is InChI=1S/C13H20ClNO3S/c1-3-4-9-19(16,17)15-7-8-18-13-6-5-12(14)10-11(13)2/h5-6,10,15H,3-4,7-9H2,1-2H3. The molecule has 0 saturated carbocycles. The van der Waals surface area contributed by atoms with Crippen LogP contribution in [0.5, 0.6) is 5.75 Å². The zero-order chi connectivity index (χ0) is 14.3. The van der Waals surface area contributed by atoms with Crippen molar-refractivity contribution in [3.8, 4) is 5.75 Å². The minimum Gasteiger partial charge on any atom is -0.492 e. The lowest BCUT2D eigenvalue weighted by Crippen LogP contribution is -2.30. The zero-order valence-electron chi connectivity index (χ0n) is 11.3. The molecule has 0 aliphatic carbocycles. The highest BCUT2D eigenvalue weighted by Crippen LogP contribution is 2.21. The van der Waals surface area contributed by atoms with E-state index in [1.807, 2.05) is 19.9 Å². The summed E-state index contributed by atoms with van der Waals surface area (Å²) in [5, 5.41) is 0.658. The molecule has 0 amide bonds. The van der Waals surface area contributed by atoms with Gasteiger partial charge in [-0.15, -0.1) is 0 Å². The fourth-order valence-corrected chi connectivity index (χ4v) is 2.97. The number of unbranched alkanes of at least 4 members (excludes halogenated alkanes) is 1. The summed E-state index contributed by atoms with van der Waals surface area (Å²) in [5.41, 5.74) is 0.932. The average Bonchev–Trinajstić information content (AvgIpc) is 2.34. The van der Waals surface area contributed by atoms with Gasteiger partial charge in [-0.05, 0) is 37.1 Å². The number of nitrogens with one attached hydrogen (secondary N) is 1. The first-order valence-corrected chi connectivity index (χ1v) is 8.34. The van der Waals surface area contributed by atoms with Gasteiger partial charge in [-0.3, -0.25) is 0 Å². The van der Waals surface area contributed by atoms with E-state index in [2.05, 4.69) is 4.72 Å². The van der Waals surface area contributed by atoms with Crippen LogP contribution < -0.4 is 9.46 Å². The zero-order valence-corrected chi connectivity index (χ0v) is 12.9. The normalized spacial score (nSPS) is 11.5. The van der Waals surface area contributed by atoms with Crippen LogP contribution in [0.2, 0.25) is 5.02 Å². The molecule has 6 heteroatoms. The van der Waals surface area contributed by atoms with Gasteiger partial charge in [0.05, 0.1) is 5.75 Å². The van der Waals surface area contributed by atoms with E-state index < -0.39 is 10.0 Å². The Bertz CT molecular complexity index is 503. The smallest absolute Gasteiger partial charge is 0.211 e. The van der Waals surface area contributed by atoms with Crippen LogP contribution in [0.4, 0.5) is 0 Å². The molecule has 4 nitrogen and oxygen atoms in total. The van der Waals surface area contributed by atoms with E-state index in [1.54, 1.807) is 12.1 Å². The first kappa shape index (κ1) is 16.3. The highest BCUT2D eigenvalue weighted by Gasteiger charge is 2.08. The van der Waals surface area contributed by atoms with Crippen molar-refractivity contribution in [2.75, 3.05) is 18.9 Å². The SMILES string of the molecule is CCCCS(=O)(=O)NCCOc1ccc(Cl)cc1C. The third-order valence-electron chi connectivity index (χ3n) is 2.59.